The fourth-order valence-electron chi connectivity index (χ4n) is 2.98. The fraction of sp³-hybridized carbons (Fsp3) is 0.263. The van der Waals surface area contributed by atoms with E-state index in [1.807, 2.05) is 53.9 Å². The Morgan fingerprint density at radius 2 is 2.16 bits per heavy atom. The van der Waals surface area contributed by atoms with Gasteiger partial charge in [0.25, 0.3) is 0 Å². The number of hydrogen-bond donors (Lipinski definition) is 1. The number of carbonyl (C=O) groups excluding carboxylic acids is 1. The van der Waals surface area contributed by atoms with Crippen LogP contribution in [0, 0.1) is 0 Å². The van der Waals surface area contributed by atoms with E-state index in [2.05, 4.69) is 10.3 Å². The highest BCUT2D eigenvalue weighted by Gasteiger charge is 2.27. The van der Waals surface area contributed by atoms with Gasteiger partial charge in [-0.15, -0.1) is 11.3 Å². The van der Waals surface area contributed by atoms with Crippen molar-refractivity contribution in [2.24, 2.45) is 0 Å². The number of likely N-dealkylation sites (tertiary alicyclic amines) is 1. The summed E-state index contributed by atoms with van der Waals surface area (Å²) in [4.78, 5) is 19.8. The molecule has 0 radical (unpaired) electrons. The van der Waals surface area contributed by atoms with Crippen molar-refractivity contribution in [2.75, 3.05) is 13.1 Å². The predicted molar refractivity (Wildman–Crippen MR) is 98.9 cm³/mol. The zero-order chi connectivity index (χ0) is 17.1. The van der Waals surface area contributed by atoms with Gasteiger partial charge in [-0.05, 0) is 23.6 Å². The maximum Gasteiger partial charge on any atom is 0.317 e. The van der Waals surface area contributed by atoms with Crippen LogP contribution in [0.25, 0.3) is 10.9 Å². The summed E-state index contributed by atoms with van der Waals surface area (Å²) in [5, 5.41) is 6.07. The minimum absolute atomic E-state index is 0.0128. The summed E-state index contributed by atoms with van der Waals surface area (Å²) >= 11 is 1.64. The number of benzene rings is 1. The van der Waals surface area contributed by atoms with Crippen molar-refractivity contribution in [1.29, 1.82) is 0 Å². The van der Waals surface area contributed by atoms with Crippen molar-refractivity contribution >= 4 is 28.3 Å². The molecular formula is C19H19N3O2S. The molecular weight excluding hydrogens is 334 g/mol. The number of ether oxygens (including phenoxy) is 1. The third kappa shape index (κ3) is 3.74. The van der Waals surface area contributed by atoms with Crippen LogP contribution >= 0.6 is 11.3 Å². The molecule has 5 nitrogen and oxygen atoms in total. The number of fused-ring (bicyclic) bond motifs is 1. The van der Waals surface area contributed by atoms with E-state index < -0.39 is 0 Å². The standard InChI is InChI=1S/C19H19N3O2S/c23-19(20-12-16-5-3-11-25-16)22-10-9-15(13-22)24-18-8-7-14-4-1-2-6-17(14)21-18/h1-8,11,15H,9-10,12-13H2,(H,20,23). The number of hydrogen-bond acceptors (Lipinski definition) is 4. The first-order chi connectivity index (χ1) is 12.3. The Hall–Kier alpha value is -2.60. The number of nitrogens with one attached hydrogen (secondary N) is 1. The lowest BCUT2D eigenvalue weighted by Crippen LogP contribution is -2.38. The summed E-state index contributed by atoms with van der Waals surface area (Å²) in [5.74, 6) is 0.615. The zero-order valence-corrected chi connectivity index (χ0v) is 14.5. The highest BCUT2D eigenvalue weighted by Crippen LogP contribution is 2.20. The number of carbonyl (C=O) groups is 1. The van der Waals surface area contributed by atoms with Crippen LogP contribution < -0.4 is 10.1 Å². The summed E-state index contributed by atoms with van der Waals surface area (Å²) in [5.41, 5.74) is 0.920. The summed E-state index contributed by atoms with van der Waals surface area (Å²) in [7, 11) is 0. The molecule has 0 aliphatic carbocycles. The van der Waals surface area contributed by atoms with Crippen molar-refractivity contribution in [3.63, 3.8) is 0 Å². The van der Waals surface area contributed by atoms with Gasteiger partial charge >= 0.3 is 6.03 Å². The van der Waals surface area contributed by atoms with Crippen LogP contribution in [0.3, 0.4) is 0 Å². The predicted octanol–water partition coefficient (Wildman–Crippen LogP) is 3.66. The largest absolute Gasteiger partial charge is 0.472 e. The second-order valence-corrected chi connectivity index (χ2v) is 7.09. The SMILES string of the molecule is O=C(NCc1cccs1)N1CCC(Oc2ccc3ccccc3n2)C1. The Labute approximate surface area is 150 Å². The normalized spacial score (nSPS) is 17.0. The third-order valence-corrected chi connectivity index (χ3v) is 5.16. The van der Waals surface area contributed by atoms with Crippen LogP contribution in [-0.2, 0) is 6.54 Å². The molecule has 2 amide bonds. The van der Waals surface area contributed by atoms with Gasteiger partial charge < -0.3 is 15.0 Å². The molecule has 1 aliphatic heterocycles. The minimum Gasteiger partial charge on any atom is -0.472 e. The summed E-state index contributed by atoms with van der Waals surface area (Å²) in [6.07, 6.45) is 0.808. The lowest BCUT2D eigenvalue weighted by Gasteiger charge is -2.17. The van der Waals surface area contributed by atoms with Gasteiger partial charge in [0.1, 0.15) is 6.10 Å². The van der Waals surface area contributed by atoms with Crippen molar-refractivity contribution in [3.05, 3.63) is 58.8 Å². The Balaban J connectivity index is 1.32. The second kappa shape index (κ2) is 7.11. The van der Waals surface area contributed by atoms with E-state index in [9.17, 15) is 4.79 Å². The monoisotopic (exact) mass is 353 g/mol. The first-order valence-corrected chi connectivity index (χ1v) is 9.23. The van der Waals surface area contributed by atoms with Crippen LogP contribution in [0.5, 0.6) is 5.88 Å². The zero-order valence-electron chi connectivity index (χ0n) is 13.7. The van der Waals surface area contributed by atoms with Crippen LogP contribution in [0.4, 0.5) is 4.79 Å². The lowest BCUT2D eigenvalue weighted by atomic mass is 10.2. The Morgan fingerprint density at radius 1 is 1.24 bits per heavy atom. The highest BCUT2D eigenvalue weighted by molar-refractivity contribution is 7.09. The average Bonchev–Trinajstić information content (AvgIpc) is 3.31. The molecule has 6 heteroatoms. The maximum atomic E-state index is 12.3. The number of aromatic nitrogens is 1. The van der Waals surface area contributed by atoms with E-state index in [4.69, 9.17) is 4.74 Å². The Bertz CT molecular complexity index is 866. The van der Waals surface area contributed by atoms with Gasteiger partial charge in [0, 0.05) is 29.3 Å². The number of thiophene rings is 1. The number of pyridine rings is 1. The topological polar surface area (TPSA) is 54.5 Å². The van der Waals surface area contributed by atoms with E-state index >= 15 is 0 Å². The molecule has 1 fully saturated rings. The molecule has 0 spiro atoms. The van der Waals surface area contributed by atoms with Crippen LogP contribution in [-0.4, -0.2) is 35.1 Å². The van der Waals surface area contributed by atoms with Gasteiger partial charge in [0.2, 0.25) is 5.88 Å². The quantitative estimate of drug-likeness (QED) is 0.779. The molecule has 1 saturated heterocycles. The molecule has 1 N–H and O–H groups in total. The summed E-state index contributed by atoms with van der Waals surface area (Å²) < 4.78 is 5.98. The molecule has 1 aliphatic rings. The number of nitrogens with zero attached hydrogens (tertiary/aromatic N) is 2. The van der Waals surface area contributed by atoms with E-state index in [1.165, 1.54) is 0 Å². The maximum absolute atomic E-state index is 12.3. The smallest absolute Gasteiger partial charge is 0.317 e. The number of rotatable bonds is 4. The van der Waals surface area contributed by atoms with E-state index in [0.717, 1.165) is 22.2 Å². The molecule has 0 saturated carbocycles. The van der Waals surface area contributed by atoms with Gasteiger partial charge in [0.15, 0.2) is 0 Å². The van der Waals surface area contributed by atoms with Gasteiger partial charge in [0.05, 0.1) is 18.6 Å². The van der Waals surface area contributed by atoms with Gasteiger partial charge in [-0.3, -0.25) is 0 Å². The summed E-state index contributed by atoms with van der Waals surface area (Å²) in [6.45, 7) is 1.87. The van der Waals surface area contributed by atoms with Crippen molar-refractivity contribution < 1.29 is 9.53 Å². The second-order valence-electron chi connectivity index (χ2n) is 6.05. The van der Waals surface area contributed by atoms with Crippen LogP contribution in [0.2, 0.25) is 0 Å². The van der Waals surface area contributed by atoms with Gasteiger partial charge in [-0.2, -0.15) is 0 Å². The third-order valence-electron chi connectivity index (χ3n) is 4.29. The van der Waals surface area contributed by atoms with Crippen molar-refractivity contribution in [3.8, 4) is 5.88 Å². The Kier molecular flexibility index (Phi) is 4.52. The van der Waals surface area contributed by atoms with Crippen molar-refractivity contribution in [2.45, 2.75) is 19.1 Å². The molecule has 4 rings (SSSR count). The molecule has 0 bridgehead atoms. The van der Waals surface area contributed by atoms with Gasteiger partial charge in [-0.1, -0.05) is 24.3 Å². The molecule has 3 heterocycles. The highest BCUT2D eigenvalue weighted by atomic mass is 32.1. The minimum atomic E-state index is -0.0361. The Morgan fingerprint density at radius 3 is 3.04 bits per heavy atom. The first kappa shape index (κ1) is 15.9. The molecule has 1 atom stereocenters. The van der Waals surface area contributed by atoms with E-state index in [1.54, 1.807) is 16.2 Å². The lowest BCUT2D eigenvalue weighted by molar-refractivity contribution is 0.183. The molecule has 3 aromatic rings. The number of amides is 2. The molecule has 1 aromatic carbocycles. The van der Waals surface area contributed by atoms with E-state index in [0.29, 0.717) is 25.5 Å². The molecule has 2 aromatic heterocycles. The number of para-hydroxylation sites is 1. The van der Waals surface area contributed by atoms with Gasteiger partial charge in [-0.25, -0.2) is 9.78 Å². The van der Waals surface area contributed by atoms with Crippen molar-refractivity contribution in [1.82, 2.24) is 15.2 Å². The molecule has 25 heavy (non-hydrogen) atoms. The average molecular weight is 353 g/mol. The number of urea groups is 1. The van der Waals surface area contributed by atoms with E-state index in [-0.39, 0.29) is 12.1 Å². The van der Waals surface area contributed by atoms with Crippen LogP contribution in [0.1, 0.15) is 11.3 Å². The first-order valence-electron chi connectivity index (χ1n) is 8.35. The summed E-state index contributed by atoms with van der Waals surface area (Å²) in [6, 6.07) is 15.8. The van der Waals surface area contributed by atoms with Crippen LogP contribution in [0.15, 0.2) is 53.9 Å². The molecule has 1 unspecified atom stereocenters. The molecule has 128 valence electrons. The fourth-order valence-corrected chi connectivity index (χ4v) is 3.62.